The Morgan fingerprint density at radius 2 is 1.97 bits per heavy atom. The third-order valence-electron chi connectivity index (χ3n) is 5.88. The van der Waals surface area contributed by atoms with Crippen LogP contribution in [0.4, 0.5) is 5.95 Å². The van der Waals surface area contributed by atoms with Gasteiger partial charge in [0.05, 0.1) is 16.8 Å². The average molecular weight is 479 g/mol. The van der Waals surface area contributed by atoms with Gasteiger partial charge in [-0.25, -0.2) is 18.4 Å². The lowest BCUT2D eigenvalue weighted by Crippen LogP contribution is -2.33. The quantitative estimate of drug-likeness (QED) is 0.522. The summed E-state index contributed by atoms with van der Waals surface area (Å²) in [7, 11) is -2.49. The highest BCUT2D eigenvalue weighted by Gasteiger charge is 2.37. The minimum atomic E-state index is -3.91. The molecule has 5 rings (SSSR count). The van der Waals surface area contributed by atoms with Gasteiger partial charge in [-0.15, -0.1) is 10.2 Å². The Balaban J connectivity index is 1.45. The number of hydrogen-bond donors (Lipinski definition) is 1. The van der Waals surface area contributed by atoms with Crippen molar-refractivity contribution in [1.29, 1.82) is 0 Å². The van der Waals surface area contributed by atoms with Crippen LogP contribution in [-0.4, -0.2) is 55.3 Å². The van der Waals surface area contributed by atoms with Crippen LogP contribution in [0.15, 0.2) is 18.6 Å². The predicted octanol–water partition coefficient (Wildman–Crippen LogP) is 2.38. The lowest BCUT2D eigenvalue weighted by Gasteiger charge is -2.22. The zero-order valence-electron chi connectivity index (χ0n) is 17.6. The molecule has 0 bridgehead atoms. The van der Waals surface area contributed by atoms with E-state index in [-0.39, 0.29) is 17.8 Å². The van der Waals surface area contributed by atoms with E-state index in [9.17, 15) is 8.42 Å². The lowest BCUT2D eigenvalue weighted by atomic mass is 10.2. The van der Waals surface area contributed by atoms with E-state index in [2.05, 4.69) is 30.0 Å². The van der Waals surface area contributed by atoms with Crippen molar-refractivity contribution in [3.63, 3.8) is 0 Å². The molecular formula is C19H23ClN8O3S. The highest BCUT2D eigenvalue weighted by molar-refractivity contribution is 7.93. The Labute approximate surface area is 190 Å². The van der Waals surface area contributed by atoms with Gasteiger partial charge in [0.25, 0.3) is 0 Å². The van der Waals surface area contributed by atoms with Crippen molar-refractivity contribution in [2.24, 2.45) is 0 Å². The average Bonchev–Trinajstić information content (AvgIpc) is 3.17. The number of fused-ring (bicyclic) bond motifs is 1. The number of aromatic nitrogens is 7. The Hall–Kier alpha value is -2.57. The number of ether oxygens (including phenoxy) is 1. The normalized spacial score (nSPS) is 17.8. The summed E-state index contributed by atoms with van der Waals surface area (Å²) < 4.78 is 38.4. The molecule has 3 aromatic rings. The maximum absolute atomic E-state index is 13.2. The fourth-order valence-electron chi connectivity index (χ4n) is 4.03. The molecule has 3 aromatic heterocycles. The summed E-state index contributed by atoms with van der Waals surface area (Å²) in [6.07, 6.45) is 7.55. The highest BCUT2D eigenvalue weighted by Crippen LogP contribution is 2.41. The van der Waals surface area contributed by atoms with Gasteiger partial charge in [-0.3, -0.25) is 14.0 Å². The second-order valence-corrected chi connectivity index (χ2v) is 10.5. The molecule has 32 heavy (non-hydrogen) atoms. The molecule has 1 saturated carbocycles. The molecule has 2 aliphatic rings. The minimum absolute atomic E-state index is 0.155. The van der Waals surface area contributed by atoms with Crippen LogP contribution >= 0.6 is 11.6 Å². The first-order valence-corrected chi connectivity index (χ1v) is 12.3. The summed E-state index contributed by atoms with van der Waals surface area (Å²) in [4.78, 5) is 8.23. The van der Waals surface area contributed by atoms with Gasteiger partial charge >= 0.3 is 0 Å². The van der Waals surface area contributed by atoms with Gasteiger partial charge in [-0.1, -0.05) is 11.6 Å². The molecule has 11 nitrogen and oxygen atoms in total. The van der Waals surface area contributed by atoms with Gasteiger partial charge in [0.2, 0.25) is 16.0 Å². The van der Waals surface area contributed by atoms with Crippen molar-refractivity contribution in [3.8, 4) is 11.4 Å². The molecule has 1 aliphatic heterocycles. The Morgan fingerprint density at radius 3 is 2.66 bits per heavy atom. The van der Waals surface area contributed by atoms with Gasteiger partial charge in [0, 0.05) is 37.8 Å². The van der Waals surface area contributed by atoms with Crippen molar-refractivity contribution in [2.75, 3.05) is 11.8 Å². The molecule has 0 radical (unpaired) electrons. The molecule has 4 heterocycles. The largest absolute Gasteiger partial charge is 0.372 e. The van der Waals surface area contributed by atoms with Crippen LogP contribution in [0.3, 0.4) is 0 Å². The molecule has 0 saturated heterocycles. The molecule has 0 unspecified atom stereocenters. The molecule has 1 fully saturated rings. The van der Waals surface area contributed by atoms with Crippen LogP contribution in [-0.2, 0) is 27.7 Å². The summed E-state index contributed by atoms with van der Waals surface area (Å²) in [6, 6.07) is 0.155. The number of aryl methyl sites for hydroxylation is 1. The Kier molecular flexibility index (Phi) is 5.38. The number of rotatable bonds is 8. The first-order chi connectivity index (χ1) is 15.4. The van der Waals surface area contributed by atoms with E-state index >= 15 is 0 Å². The number of sulfonamides is 1. The predicted molar refractivity (Wildman–Crippen MR) is 117 cm³/mol. The summed E-state index contributed by atoms with van der Waals surface area (Å²) >= 11 is 5.85. The van der Waals surface area contributed by atoms with Crippen LogP contribution in [0.1, 0.15) is 49.9 Å². The van der Waals surface area contributed by atoms with E-state index in [1.807, 2.05) is 9.25 Å². The summed E-state index contributed by atoms with van der Waals surface area (Å²) in [6.45, 7) is 2.42. The molecule has 0 amide bonds. The van der Waals surface area contributed by atoms with Gasteiger partial charge < -0.3 is 4.74 Å². The zero-order chi connectivity index (χ0) is 22.5. The van der Waals surface area contributed by atoms with Gasteiger partial charge in [-0.2, -0.15) is 5.10 Å². The monoisotopic (exact) mass is 478 g/mol. The molecule has 1 aliphatic carbocycles. The van der Waals surface area contributed by atoms with Crippen LogP contribution in [0, 0.1) is 0 Å². The molecule has 0 aromatic carbocycles. The Morgan fingerprint density at radius 1 is 1.22 bits per heavy atom. The number of methoxy groups -OCH3 is 1. The molecular weight excluding hydrogens is 456 g/mol. The topological polar surface area (TPSA) is 130 Å². The molecule has 1 N–H and O–H groups in total. The number of anilines is 1. The first kappa shape index (κ1) is 21.3. The van der Waals surface area contributed by atoms with Gasteiger partial charge in [-0.05, 0) is 32.6 Å². The molecule has 0 spiro atoms. The zero-order valence-corrected chi connectivity index (χ0v) is 19.2. The molecule has 13 heteroatoms. The van der Waals surface area contributed by atoms with E-state index in [1.165, 1.54) is 26.4 Å². The smallest absolute Gasteiger partial charge is 0.240 e. The van der Waals surface area contributed by atoms with Crippen LogP contribution in [0.25, 0.3) is 11.4 Å². The molecule has 170 valence electrons. The third-order valence-corrected chi connectivity index (χ3v) is 7.77. The lowest BCUT2D eigenvalue weighted by molar-refractivity contribution is 0.0950. The molecule has 2 atom stereocenters. The van der Waals surface area contributed by atoms with Gasteiger partial charge in [0.1, 0.15) is 11.4 Å². The fourth-order valence-corrected chi connectivity index (χ4v) is 5.27. The number of halogens is 1. The second kappa shape index (κ2) is 8.09. The first-order valence-electron chi connectivity index (χ1n) is 10.4. The standard InChI is InChI=1S/C19H23ClN8O3S/c1-11(16(31-2)17-21-8-12(20)9-22-17)32(29,30)26-19-25-24-18(28(19)13-5-6-13)14-10-23-27-7-3-4-15(14)27/h8-11,13,16H,3-7H2,1-2H3,(H,25,26)/t11-,16-/m0/s1. The SMILES string of the molecule is CO[C@H](c1ncc(Cl)cn1)[C@H](C)S(=O)(=O)Nc1nnc(-c2cnn3c2CCC3)n1C1CC1. The van der Waals surface area contributed by atoms with E-state index in [0.717, 1.165) is 43.5 Å². The minimum Gasteiger partial charge on any atom is -0.372 e. The van der Waals surface area contributed by atoms with E-state index in [1.54, 1.807) is 6.20 Å². The maximum atomic E-state index is 13.2. The summed E-state index contributed by atoms with van der Waals surface area (Å²) in [5.41, 5.74) is 2.02. The summed E-state index contributed by atoms with van der Waals surface area (Å²) in [5, 5.41) is 12.3. The Bertz CT molecular complexity index is 1240. The summed E-state index contributed by atoms with van der Waals surface area (Å²) in [5.74, 6) is 1.07. The van der Waals surface area contributed by atoms with Crippen molar-refractivity contribution < 1.29 is 13.2 Å². The van der Waals surface area contributed by atoms with Crippen molar-refractivity contribution >= 4 is 27.6 Å². The van der Waals surface area contributed by atoms with Crippen LogP contribution in [0.5, 0.6) is 0 Å². The van der Waals surface area contributed by atoms with E-state index in [4.69, 9.17) is 16.3 Å². The van der Waals surface area contributed by atoms with E-state index in [0.29, 0.717) is 10.8 Å². The van der Waals surface area contributed by atoms with Crippen LogP contribution < -0.4 is 4.72 Å². The highest BCUT2D eigenvalue weighted by atomic mass is 35.5. The van der Waals surface area contributed by atoms with Crippen molar-refractivity contribution in [2.45, 2.75) is 56.5 Å². The van der Waals surface area contributed by atoms with E-state index < -0.39 is 21.4 Å². The van der Waals surface area contributed by atoms with Gasteiger partial charge in [0.15, 0.2) is 11.6 Å². The maximum Gasteiger partial charge on any atom is 0.240 e. The van der Waals surface area contributed by atoms with Crippen molar-refractivity contribution in [3.05, 3.63) is 35.1 Å². The second-order valence-electron chi connectivity index (χ2n) is 8.05. The number of nitrogens with zero attached hydrogens (tertiary/aromatic N) is 7. The third kappa shape index (κ3) is 3.76. The fraction of sp³-hybridized carbons (Fsp3) is 0.526. The number of nitrogens with one attached hydrogen (secondary N) is 1. The van der Waals surface area contributed by atoms with Crippen molar-refractivity contribution in [1.82, 2.24) is 34.5 Å². The number of hydrogen-bond acceptors (Lipinski definition) is 8. The van der Waals surface area contributed by atoms with Crippen LogP contribution in [0.2, 0.25) is 5.02 Å².